The molecule has 3 N–H and O–H groups in total. The van der Waals surface area contributed by atoms with Crippen LogP contribution in [0.2, 0.25) is 0 Å². The fourth-order valence-corrected chi connectivity index (χ4v) is 7.86. The van der Waals surface area contributed by atoms with Crippen LogP contribution in [0.15, 0.2) is 30.3 Å². The number of hydrogen-bond acceptors (Lipinski definition) is 7. The first-order valence-corrected chi connectivity index (χ1v) is 15.3. The number of carbonyl (C=O) groups is 1. The molecule has 1 aliphatic heterocycles. The largest absolute Gasteiger partial charge is 0.493 e. The Morgan fingerprint density at radius 3 is 2.59 bits per heavy atom. The third-order valence-electron chi connectivity index (χ3n) is 8.31. The number of hydrogen-bond donors (Lipinski definition) is 2. The minimum absolute atomic E-state index is 0.169. The lowest BCUT2D eigenvalue weighted by Crippen LogP contribution is -2.42. The van der Waals surface area contributed by atoms with Crippen molar-refractivity contribution < 1.29 is 22.3 Å². The number of nitrogens with zero attached hydrogens (tertiary/aromatic N) is 2. The van der Waals surface area contributed by atoms with Gasteiger partial charge in [0, 0.05) is 29.3 Å². The van der Waals surface area contributed by atoms with E-state index in [-0.39, 0.29) is 22.9 Å². The highest BCUT2D eigenvalue weighted by molar-refractivity contribution is 7.90. The van der Waals surface area contributed by atoms with Gasteiger partial charge in [-0.3, -0.25) is 4.79 Å². The summed E-state index contributed by atoms with van der Waals surface area (Å²) in [5.74, 6) is 0.446. The van der Waals surface area contributed by atoms with Gasteiger partial charge in [0.1, 0.15) is 17.4 Å². The molecule has 1 aromatic carbocycles. The van der Waals surface area contributed by atoms with Crippen molar-refractivity contribution in [1.82, 2.24) is 9.71 Å². The van der Waals surface area contributed by atoms with Gasteiger partial charge in [0.25, 0.3) is 5.91 Å². The van der Waals surface area contributed by atoms with Crippen molar-refractivity contribution in [3.63, 3.8) is 0 Å². The lowest BCUT2D eigenvalue weighted by molar-refractivity contribution is 0.0981. The van der Waals surface area contributed by atoms with E-state index in [0.29, 0.717) is 54.7 Å². The SMILES string of the molecule is CC(C)COc1cc(F)cc(-c2ccc(C(=O)NS(=O)(=O)C3CC4CC4(N)C3)c(N3C[C@@H](C)CC3(C)C)n2)c1. The van der Waals surface area contributed by atoms with E-state index in [1.165, 1.54) is 12.1 Å². The molecule has 2 aromatic rings. The second-order valence-corrected chi connectivity index (χ2v) is 14.8. The highest BCUT2D eigenvalue weighted by Gasteiger charge is 2.60. The highest BCUT2D eigenvalue weighted by atomic mass is 32.2. The molecule has 39 heavy (non-hydrogen) atoms. The molecule has 3 unspecified atom stereocenters. The van der Waals surface area contributed by atoms with Crippen LogP contribution in [0, 0.1) is 23.6 Å². The Labute approximate surface area is 230 Å². The van der Waals surface area contributed by atoms with Crippen LogP contribution in [-0.4, -0.2) is 48.8 Å². The Balaban J connectivity index is 1.49. The summed E-state index contributed by atoms with van der Waals surface area (Å²) >= 11 is 0. The molecule has 3 aliphatic rings. The van der Waals surface area contributed by atoms with Crippen LogP contribution in [0.5, 0.6) is 5.75 Å². The summed E-state index contributed by atoms with van der Waals surface area (Å²) in [5.41, 5.74) is 6.65. The molecular formula is C29H39FN4O4S. The summed E-state index contributed by atoms with van der Waals surface area (Å²) in [7, 11) is -3.91. The van der Waals surface area contributed by atoms with Gasteiger partial charge in [-0.1, -0.05) is 20.8 Å². The number of nitrogens with two attached hydrogens (primary N) is 1. The van der Waals surface area contributed by atoms with Gasteiger partial charge >= 0.3 is 0 Å². The molecule has 3 fully saturated rings. The Hall–Kier alpha value is -2.72. The average molecular weight is 559 g/mol. The molecule has 0 spiro atoms. The number of pyridine rings is 1. The second-order valence-electron chi connectivity index (χ2n) is 12.9. The minimum atomic E-state index is -3.91. The van der Waals surface area contributed by atoms with Crippen LogP contribution in [-0.2, 0) is 10.0 Å². The Kier molecular flexibility index (Phi) is 6.94. The quantitative estimate of drug-likeness (QED) is 0.491. The summed E-state index contributed by atoms with van der Waals surface area (Å²) in [6.45, 7) is 11.4. The predicted molar refractivity (Wildman–Crippen MR) is 150 cm³/mol. The van der Waals surface area contributed by atoms with Gasteiger partial charge in [-0.15, -0.1) is 0 Å². The number of nitrogens with one attached hydrogen (secondary N) is 1. The molecular weight excluding hydrogens is 519 g/mol. The molecule has 212 valence electrons. The van der Waals surface area contributed by atoms with Gasteiger partial charge in [0.2, 0.25) is 10.0 Å². The van der Waals surface area contributed by atoms with Crippen molar-refractivity contribution in [1.29, 1.82) is 0 Å². The van der Waals surface area contributed by atoms with Crippen molar-refractivity contribution >= 4 is 21.7 Å². The summed E-state index contributed by atoms with van der Waals surface area (Å²) in [5, 5.41) is -0.680. The monoisotopic (exact) mass is 558 g/mol. The van der Waals surface area contributed by atoms with Crippen molar-refractivity contribution in [2.45, 2.75) is 76.6 Å². The number of halogens is 1. The van der Waals surface area contributed by atoms with E-state index in [1.807, 2.05) is 13.8 Å². The second kappa shape index (κ2) is 9.73. The lowest BCUT2D eigenvalue weighted by Gasteiger charge is -2.34. The van der Waals surface area contributed by atoms with Gasteiger partial charge in [0.15, 0.2) is 0 Å². The summed E-state index contributed by atoms with van der Waals surface area (Å²) in [6, 6.07) is 7.65. The molecule has 2 aliphatic carbocycles. The minimum Gasteiger partial charge on any atom is -0.493 e. The summed E-state index contributed by atoms with van der Waals surface area (Å²) in [6.07, 6.45) is 2.56. The number of sulfonamides is 1. The van der Waals surface area contributed by atoms with Crippen molar-refractivity contribution in [3.8, 4) is 17.0 Å². The molecule has 1 aromatic heterocycles. The van der Waals surface area contributed by atoms with E-state index in [0.717, 1.165) is 12.8 Å². The number of aromatic nitrogens is 1. The summed E-state index contributed by atoms with van der Waals surface area (Å²) < 4.78 is 48.9. The van der Waals surface area contributed by atoms with Crippen molar-refractivity contribution in [2.24, 2.45) is 23.5 Å². The molecule has 2 saturated carbocycles. The maximum absolute atomic E-state index is 14.6. The van der Waals surface area contributed by atoms with E-state index in [1.54, 1.807) is 18.2 Å². The zero-order valence-electron chi connectivity index (χ0n) is 23.3. The Bertz CT molecular complexity index is 1400. The van der Waals surface area contributed by atoms with Crippen LogP contribution in [0.1, 0.15) is 70.7 Å². The van der Waals surface area contributed by atoms with Crippen molar-refractivity contribution in [2.75, 3.05) is 18.1 Å². The molecule has 2 heterocycles. The Morgan fingerprint density at radius 2 is 1.97 bits per heavy atom. The molecule has 0 radical (unpaired) electrons. The molecule has 8 nitrogen and oxygen atoms in total. The Morgan fingerprint density at radius 1 is 1.23 bits per heavy atom. The molecule has 10 heteroatoms. The molecule has 4 atom stereocenters. The number of anilines is 1. The van der Waals surface area contributed by atoms with Crippen LogP contribution < -0.4 is 20.1 Å². The van der Waals surface area contributed by atoms with Gasteiger partial charge in [-0.05, 0) is 81.5 Å². The topological polar surface area (TPSA) is 115 Å². The predicted octanol–water partition coefficient (Wildman–Crippen LogP) is 4.49. The van der Waals surface area contributed by atoms with Crippen LogP contribution in [0.4, 0.5) is 10.2 Å². The zero-order chi connectivity index (χ0) is 28.3. The highest BCUT2D eigenvalue weighted by Crippen LogP contribution is 2.55. The maximum atomic E-state index is 14.6. The van der Waals surface area contributed by atoms with E-state index in [4.69, 9.17) is 15.5 Å². The van der Waals surface area contributed by atoms with E-state index >= 15 is 0 Å². The summed E-state index contributed by atoms with van der Waals surface area (Å²) in [4.78, 5) is 20.4. The number of benzene rings is 1. The third-order valence-corrected chi connectivity index (χ3v) is 10.0. The van der Waals surface area contributed by atoms with Gasteiger partial charge in [0.05, 0.1) is 23.1 Å². The fourth-order valence-electron chi connectivity index (χ4n) is 6.30. The first-order chi connectivity index (χ1) is 18.2. The average Bonchev–Trinajstić information content (AvgIpc) is 3.19. The standard InChI is InChI=1S/C29H39FN4O4S/c1-17(2)16-38-22-9-19(8-21(30)11-22)25-7-6-24(26(32-25)34-15-18(3)12-28(34,4)5)27(35)33-39(36,37)23-10-20-13-29(20,31)14-23/h6-9,11,17-18,20,23H,10,12-16,31H2,1-5H3,(H,33,35)/t18-,20?,23?,29?/m0/s1. The number of ether oxygens (including phenoxy) is 1. The molecule has 1 saturated heterocycles. The number of carbonyl (C=O) groups excluding carboxylic acids is 1. The fraction of sp³-hybridized carbons (Fsp3) is 0.586. The zero-order valence-corrected chi connectivity index (χ0v) is 24.1. The molecule has 5 rings (SSSR count). The lowest BCUT2D eigenvalue weighted by atomic mass is 9.97. The number of amides is 1. The molecule has 1 amide bonds. The normalized spacial score (nSPS) is 27.5. The van der Waals surface area contributed by atoms with E-state index < -0.39 is 32.5 Å². The van der Waals surface area contributed by atoms with Gasteiger partial charge in [-0.2, -0.15) is 0 Å². The molecule has 0 bridgehead atoms. The van der Waals surface area contributed by atoms with Crippen LogP contribution >= 0.6 is 0 Å². The van der Waals surface area contributed by atoms with Gasteiger partial charge < -0.3 is 15.4 Å². The number of rotatable bonds is 8. The van der Waals surface area contributed by atoms with Gasteiger partial charge in [-0.25, -0.2) is 22.5 Å². The first kappa shape index (κ1) is 27.8. The number of fused-ring (bicyclic) bond motifs is 1. The smallest absolute Gasteiger partial charge is 0.268 e. The van der Waals surface area contributed by atoms with E-state index in [2.05, 4.69) is 30.4 Å². The van der Waals surface area contributed by atoms with Crippen LogP contribution in [0.3, 0.4) is 0 Å². The first-order valence-electron chi connectivity index (χ1n) is 13.7. The maximum Gasteiger partial charge on any atom is 0.268 e. The van der Waals surface area contributed by atoms with E-state index in [9.17, 15) is 17.6 Å². The third kappa shape index (κ3) is 5.63. The van der Waals surface area contributed by atoms with Crippen LogP contribution in [0.25, 0.3) is 11.3 Å². The van der Waals surface area contributed by atoms with Crippen molar-refractivity contribution in [3.05, 3.63) is 41.7 Å².